The van der Waals surface area contributed by atoms with Gasteiger partial charge in [-0.15, -0.1) is 0 Å². The van der Waals surface area contributed by atoms with Gasteiger partial charge in [0.2, 0.25) is 0 Å². The minimum Gasteiger partial charge on any atom is -0.999 e. The summed E-state index contributed by atoms with van der Waals surface area (Å²) in [5.41, 5.74) is -5.24. The molecule has 0 aliphatic rings. The Hall–Kier alpha value is -0.286. The Kier molecular flexibility index (Phi) is 14.4. The molecule has 0 fully saturated rings. The number of thiol groups is 2. The zero-order chi connectivity index (χ0) is 21.7. The summed E-state index contributed by atoms with van der Waals surface area (Å²) in [6.07, 6.45) is 0. The average Bonchev–Trinajstić information content (AvgIpc) is 3.53. The van der Waals surface area contributed by atoms with Crippen molar-refractivity contribution in [2.45, 2.75) is 0 Å². The van der Waals surface area contributed by atoms with E-state index in [9.17, 15) is 9.13 Å². The first-order valence-corrected chi connectivity index (χ1v) is 17.4. The molecule has 0 saturated carbocycles. The van der Waals surface area contributed by atoms with E-state index in [1.54, 1.807) is 12.1 Å². The molecule has 0 heterocycles. The van der Waals surface area contributed by atoms with Crippen LogP contribution in [0.5, 0.6) is 0 Å². The van der Waals surface area contributed by atoms with Gasteiger partial charge in [-0.1, -0.05) is 36.4 Å². The fraction of sp³-hybridized carbons (Fsp3) is 0. The number of hydrogen-bond acceptors (Lipinski definition) is 2. The third-order valence-electron chi connectivity index (χ3n) is 3.13. The fourth-order valence-electron chi connectivity index (χ4n) is 1.78. The predicted molar refractivity (Wildman–Crippen MR) is 138 cm³/mol. The van der Waals surface area contributed by atoms with Crippen LogP contribution >= 0.6 is 56.4 Å². The topological polar surface area (TPSA) is 42.8 Å². The first-order chi connectivity index (χ1) is 14.4. The summed E-state index contributed by atoms with van der Waals surface area (Å²) in [5, 5.41) is 1.56. The second-order valence-electron chi connectivity index (χ2n) is 5.27. The second kappa shape index (κ2) is 15.5. The normalized spacial score (nSPS) is 13.6. The van der Waals surface area contributed by atoms with E-state index in [0.717, 1.165) is 10.6 Å². The Morgan fingerprint density at radius 3 is 1.13 bits per heavy atom. The molecule has 0 aliphatic carbocycles. The van der Waals surface area contributed by atoms with Crippen LogP contribution in [0.15, 0.2) is 72.8 Å². The average molecular weight is 550 g/mol. The number of hydrogen-bond donors (Lipinski definition) is 2. The Morgan fingerprint density at radius 1 is 0.613 bits per heavy atom. The monoisotopic (exact) mass is 550 g/mol. The molecule has 0 bridgehead atoms. The fourth-order valence-corrected chi connectivity index (χ4v) is 18.9. The molecular weight excluding hydrogens is 534 g/mol. The molecule has 2 N–H and O–H groups in total. The van der Waals surface area contributed by atoms with Crippen molar-refractivity contribution in [1.29, 1.82) is 0 Å². The van der Waals surface area contributed by atoms with Gasteiger partial charge in [0.05, 0.1) is 31.4 Å². The minimum atomic E-state index is -2.62. The molecule has 4 aromatic rings. The first kappa shape index (κ1) is 28.7. The van der Waals surface area contributed by atoms with Crippen molar-refractivity contribution in [3.8, 4) is 0 Å². The van der Waals surface area contributed by atoms with Crippen molar-refractivity contribution in [2.75, 3.05) is 0 Å². The molecule has 0 aromatic heterocycles. The van der Waals surface area contributed by atoms with Gasteiger partial charge in [-0.3, -0.25) is 9.13 Å². The summed E-state index contributed by atoms with van der Waals surface area (Å²) in [6.45, 7) is 0. The molecule has 162 valence electrons. The zero-order valence-electron chi connectivity index (χ0n) is 15.9. The van der Waals surface area contributed by atoms with Gasteiger partial charge in [0.25, 0.3) is 0 Å². The van der Waals surface area contributed by atoms with Gasteiger partial charge >= 0.3 is 11.1 Å². The first-order valence-electron chi connectivity index (χ1n) is 8.26. The molecule has 0 radical (unpaired) electrons. The Bertz CT molecular complexity index is 908. The van der Waals surface area contributed by atoms with E-state index >= 15 is 0 Å². The minimum absolute atomic E-state index is 0. The third-order valence-corrected chi connectivity index (χ3v) is 19.4. The Labute approximate surface area is 217 Å². The van der Waals surface area contributed by atoms with Gasteiger partial charge in [0.1, 0.15) is 0 Å². The van der Waals surface area contributed by atoms with Gasteiger partial charge in [0.15, 0.2) is 0 Å². The SMILES string of the molecule is [OH+]=P(S)(SSP(=[OH+])(S)c1ccccc1)c1ccccc1.[Ti].[c-]1[c-][c-][cH-][c-]1.[c-]1[c-][c-][cH-][c-]1. The molecule has 2 unspecified atom stereocenters. The maximum absolute atomic E-state index is 10.5. The van der Waals surface area contributed by atoms with Crippen molar-refractivity contribution in [2.24, 2.45) is 0 Å². The van der Waals surface area contributed by atoms with Gasteiger partial charge in [-0.25, -0.2) is 0 Å². The maximum atomic E-state index is 10.5. The van der Waals surface area contributed by atoms with Crippen molar-refractivity contribution in [1.82, 2.24) is 0 Å². The van der Waals surface area contributed by atoms with Crippen LogP contribution in [-0.4, -0.2) is 9.13 Å². The molecule has 4 aromatic carbocycles. The summed E-state index contributed by atoms with van der Waals surface area (Å²) >= 11 is 8.76. The largest absolute Gasteiger partial charge is 0.999 e. The third kappa shape index (κ3) is 11.4. The second-order valence-corrected chi connectivity index (χ2v) is 20.6. The van der Waals surface area contributed by atoms with E-state index in [-0.39, 0.29) is 21.7 Å². The molecule has 2 atom stereocenters. The van der Waals surface area contributed by atoms with Crippen LogP contribution < -0.4 is 10.6 Å². The number of rotatable bonds is 5. The van der Waals surface area contributed by atoms with Crippen molar-refractivity contribution in [3.63, 3.8) is 0 Å². The molecule has 0 spiro atoms. The van der Waals surface area contributed by atoms with Crippen LogP contribution in [0.1, 0.15) is 0 Å². The van der Waals surface area contributed by atoms with Crippen LogP contribution in [0.2, 0.25) is 0 Å². The van der Waals surface area contributed by atoms with Crippen LogP contribution in [0, 0.1) is 48.5 Å². The van der Waals surface area contributed by atoms with E-state index in [1.165, 1.54) is 20.8 Å². The van der Waals surface area contributed by atoms with Crippen LogP contribution in [0.4, 0.5) is 0 Å². The van der Waals surface area contributed by atoms with Gasteiger partial charge in [-0.05, 0) is 48.8 Å². The van der Waals surface area contributed by atoms with Crippen LogP contribution in [-0.2, 0) is 21.7 Å². The molecule has 0 aliphatic heterocycles. The molecule has 4 rings (SSSR count). The van der Waals surface area contributed by atoms with Crippen LogP contribution in [0.25, 0.3) is 0 Å². The standard InChI is InChI=1S/C12H12O2P2S4.2C5H.Ti/c13-15(17,11-7-3-1-4-8-11)19-20-16(14,18)12-9-5-2-6-10-12;2*1-2-4-5-3-1;/h1-10H,(H,13,17)(H,14,18);2*1H;/q;2*-5;/p+2. The molecule has 31 heavy (non-hydrogen) atoms. The van der Waals surface area contributed by atoms with Gasteiger partial charge < -0.3 is 60.7 Å². The van der Waals surface area contributed by atoms with Crippen molar-refractivity contribution in [3.05, 3.63) is 121 Å². The Morgan fingerprint density at radius 2 is 0.903 bits per heavy atom. The summed E-state index contributed by atoms with van der Waals surface area (Å²) in [6, 6.07) is 42.6. The molecule has 2 nitrogen and oxygen atoms in total. The predicted octanol–water partition coefficient (Wildman–Crippen LogP) is 6.36. The van der Waals surface area contributed by atoms with E-state index in [0.29, 0.717) is 0 Å². The molecule has 9 heteroatoms. The smallest absolute Gasteiger partial charge is 0.374 e. The molecule has 0 saturated heterocycles. The summed E-state index contributed by atoms with van der Waals surface area (Å²) in [7, 11) is 2.41. The maximum Gasteiger partial charge on any atom is 0.374 e. The zero-order valence-corrected chi connectivity index (χ0v) is 22.7. The molecule has 0 amide bonds. The number of benzene rings is 2. The van der Waals surface area contributed by atoms with E-state index < -0.39 is 11.1 Å². The summed E-state index contributed by atoms with van der Waals surface area (Å²) in [5.74, 6) is 0. The van der Waals surface area contributed by atoms with Crippen molar-refractivity contribution < 1.29 is 30.8 Å². The quantitative estimate of drug-likeness (QED) is 0.0759. The van der Waals surface area contributed by atoms with E-state index in [4.69, 9.17) is 0 Å². The van der Waals surface area contributed by atoms with Gasteiger partial charge in [-0.2, -0.15) is 0 Å². The van der Waals surface area contributed by atoms with E-state index in [2.05, 4.69) is 73.0 Å². The summed E-state index contributed by atoms with van der Waals surface area (Å²) < 4.78 is 21.0. The van der Waals surface area contributed by atoms with Gasteiger partial charge in [0, 0.05) is 21.7 Å². The molecular formula is C22H16O2P2S4Ti-8. The summed E-state index contributed by atoms with van der Waals surface area (Å²) in [4.78, 5) is 0. The van der Waals surface area contributed by atoms with E-state index in [1.807, 2.05) is 60.7 Å². The van der Waals surface area contributed by atoms with Crippen LogP contribution in [0.3, 0.4) is 0 Å². The Balaban J connectivity index is 0.000000356. The van der Waals surface area contributed by atoms with Crippen molar-refractivity contribution >= 4 is 67.0 Å².